The van der Waals surface area contributed by atoms with E-state index < -0.39 is 0 Å². The average molecular weight is 178 g/mol. The third-order valence-electron chi connectivity index (χ3n) is 2.05. The highest BCUT2D eigenvalue weighted by atomic mass is 16.3. The fourth-order valence-electron chi connectivity index (χ4n) is 1.46. The summed E-state index contributed by atoms with van der Waals surface area (Å²) in [6.45, 7) is 2.08. The number of carbonyl (C=O) groups is 1. The SMILES string of the molecule is CC(=O)N1NCc2cc(O)ccc21. The molecule has 2 N–H and O–H groups in total. The molecule has 0 aromatic heterocycles. The molecule has 13 heavy (non-hydrogen) atoms. The van der Waals surface area contributed by atoms with Crippen molar-refractivity contribution in [2.24, 2.45) is 0 Å². The number of benzene rings is 1. The molecule has 0 atom stereocenters. The van der Waals surface area contributed by atoms with E-state index in [4.69, 9.17) is 0 Å². The highest BCUT2D eigenvalue weighted by Gasteiger charge is 2.21. The van der Waals surface area contributed by atoms with Crippen LogP contribution in [0.25, 0.3) is 0 Å². The van der Waals surface area contributed by atoms with E-state index in [1.807, 2.05) is 0 Å². The van der Waals surface area contributed by atoms with Crippen LogP contribution in [0, 0.1) is 0 Å². The van der Waals surface area contributed by atoms with Gasteiger partial charge in [-0.15, -0.1) is 0 Å². The number of fused-ring (bicyclic) bond motifs is 1. The van der Waals surface area contributed by atoms with Crippen molar-refractivity contribution in [1.82, 2.24) is 5.43 Å². The van der Waals surface area contributed by atoms with E-state index in [0.29, 0.717) is 6.54 Å². The zero-order valence-electron chi connectivity index (χ0n) is 7.24. The monoisotopic (exact) mass is 178 g/mol. The molecular weight excluding hydrogens is 168 g/mol. The Balaban J connectivity index is 2.44. The standard InChI is InChI=1S/C9H10N2O2/c1-6(12)11-9-3-2-8(13)4-7(9)5-10-11/h2-4,10,13H,5H2,1H3. The molecule has 0 radical (unpaired) electrons. The van der Waals surface area contributed by atoms with Gasteiger partial charge in [-0.3, -0.25) is 4.79 Å². The summed E-state index contributed by atoms with van der Waals surface area (Å²) in [6, 6.07) is 4.96. The zero-order chi connectivity index (χ0) is 9.42. The summed E-state index contributed by atoms with van der Waals surface area (Å²) in [5.41, 5.74) is 4.69. The largest absolute Gasteiger partial charge is 0.508 e. The molecule has 0 aliphatic carbocycles. The van der Waals surface area contributed by atoms with Crippen LogP contribution in [0.4, 0.5) is 5.69 Å². The maximum Gasteiger partial charge on any atom is 0.238 e. The van der Waals surface area contributed by atoms with Gasteiger partial charge in [0.05, 0.1) is 5.69 Å². The third kappa shape index (κ3) is 1.25. The number of nitrogens with one attached hydrogen (secondary N) is 1. The minimum atomic E-state index is -0.0514. The number of hydrazine groups is 1. The van der Waals surface area contributed by atoms with Crippen LogP contribution in [0.2, 0.25) is 0 Å². The molecule has 0 bridgehead atoms. The lowest BCUT2D eigenvalue weighted by atomic mass is 10.2. The number of amides is 1. The van der Waals surface area contributed by atoms with Gasteiger partial charge in [0.15, 0.2) is 0 Å². The van der Waals surface area contributed by atoms with E-state index in [0.717, 1.165) is 11.3 Å². The van der Waals surface area contributed by atoms with E-state index in [-0.39, 0.29) is 11.7 Å². The molecule has 1 aromatic rings. The van der Waals surface area contributed by atoms with E-state index in [1.165, 1.54) is 11.9 Å². The maximum atomic E-state index is 11.1. The van der Waals surface area contributed by atoms with Crippen LogP contribution in [0.15, 0.2) is 18.2 Å². The van der Waals surface area contributed by atoms with Gasteiger partial charge in [-0.2, -0.15) is 0 Å². The summed E-state index contributed by atoms with van der Waals surface area (Å²) in [4.78, 5) is 11.1. The molecule has 0 saturated heterocycles. The van der Waals surface area contributed by atoms with Gasteiger partial charge in [-0.25, -0.2) is 10.4 Å². The van der Waals surface area contributed by atoms with Gasteiger partial charge in [0.1, 0.15) is 5.75 Å². The van der Waals surface area contributed by atoms with Crippen LogP contribution in [0.5, 0.6) is 5.75 Å². The van der Waals surface area contributed by atoms with E-state index in [1.54, 1.807) is 18.2 Å². The van der Waals surface area contributed by atoms with Crippen molar-refractivity contribution < 1.29 is 9.90 Å². The molecule has 4 nitrogen and oxygen atoms in total. The van der Waals surface area contributed by atoms with Gasteiger partial charge < -0.3 is 5.11 Å². The number of hydrogen-bond acceptors (Lipinski definition) is 3. The Morgan fingerprint density at radius 1 is 1.62 bits per heavy atom. The number of rotatable bonds is 0. The second kappa shape index (κ2) is 2.74. The molecule has 4 heteroatoms. The lowest BCUT2D eigenvalue weighted by molar-refractivity contribution is -0.117. The Hall–Kier alpha value is -1.55. The maximum absolute atomic E-state index is 11.1. The van der Waals surface area contributed by atoms with E-state index >= 15 is 0 Å². The summed E-state index contributed by atoms with van der Waals surface area (Å²) >= 11 is 0. The van der Waals surface area contributed by atoms with Crippen molar-refractivity contribution in [2.45, 2.75) is 13.5 Å². The predicted octanol–water partition coefficient (Wildman–Crippen LogP) is 0.763. The van der Waals surface area contributed by atoms with Crippen LogP contribution in [0.1, 0.15) is 12.5 Å². The number of nitrogens with zero attached hydrogens (tertiary/aromatic N) is 1. The number of anilines is 1. The minimum Gasteiger partial charge on any atom is -0.508 e. The molecule has 0 spiro atoms. The number of carbonyl (C=O) groups excluding carboxylic acids is 1. The Labute approximate surface area is 75.8 Å². The van der Waals surface area contributed by atoms with Crippen LogP contribution in [0.3, 0.4) is 0 Å². The summed E-state index contributed by atoms with van der Waals surface area (Å²) in [7, 11) is 0. The van der Waals surface area contributed by atoms with Gasteiger partial charge in [-0.05, 0) is 23.8 Å². The molecule has 0 unspecified atom stereocenters. The number of aromatic hydroxyl groups is 1. The fourth-order valence-corrected chi connectivity index (χ4v) is 1.46. The highest BCUT2D eigenvalue weighted by molar-refractivity contribution is 5.92. The quantitative estimate of drug-likeness (QED) is 0.616. The molecule has 1 aromatic carbocycles. The Morgan fingerprint density at radius 3 is 3.08 bits per heavy atom. The van der Waals surface area contributed by atoms with Crippen molar-refractivity contribution >= 4 is 11.6 Å². The summed E-state index contributed by atoms with van der Waals surface area (Å²) in [5, 5.41) is 10.7. The van der Waals surface area contributed by atoms with Crippen LogP contribution in [-0.4, -0.2) is 11.0 Å². The van der Waals surface area contributed by atoms with Crippen molar-refractivity contribution in [2.75, 3.05) is 5.01 Å². The van der Waals surface area contributed by atoms with Gasteiger partial charge in [0, 0.05) is 13.5 Å². The number of phenols is 1. The average Bonchev–Trinajstić information content (AvgIpc) is 2.46. The van der Waals surface area contributed by atoms with E-state index in [9.17, 15) is 9.90 Å². The van der Waals surface area contributed by atoms with E-state index in [2.05, 4.69) is 5.43 Å². The highest BCUT2D eigenvalue weighted by Crippen LogP contribution is 2.28. The third-order valence-corrected chi connectivity index (χ3v) is 2.05. The Bertz CT molecular complexity index is 363. The summed E-state index contributed by atoms with van der Waals surface area (Å²) < 4.78 is 0. The Kier molecular flexibility index (Phi) is 1.70. The normalized spacial score (nSPS) is 14.4. The fraction of sp³-hybridized carbons (Fsp3) is 0.222. The van der Waals surface area contributed by atoms with Crippen molar-refractivity contribution in [3.05, 3.63) is 23.8 Å². The predicted molar refractivity (Wildman–Crippen MR) is 48.1 cm³/mol. The molecule has 68 valence electrons. The molecule has 0 saturated carbocycles. The van der Waals surface area contributed by atoms with Gasteiger partial charge in [-0.1, -0.05) is 0 Å². The molecule has 1 heterocycles. The number of phenolic OH excluding ortho intramolecular Hbond substituents is 1. The van der Waals surface area contributed by atoms with Crippen LogP contribution in [-0.2, 0) is 11.3 Å². The minimum absolute atomic E-state index is 0.0514. The number of hydrogen-bond donors (Lipinski definition) is 2. The Morgan fingerprint density at radius 2 is 2.38 bits per heavy atom. The van der Waals surface area contributed by atoms with Gasteiger partial charge in [0.2, 0.25) is 5.91 Å². The first kappa shape index (κ1) is 8.07. The molecule has 0 fully saturated rings. The van der Waals surface area contributed by atoms with Crippen LogP contribution >= 0.6 is 0 Å². The van der Waals surface area contributed by atoms with Crippen LogP contribution < -0.4 is 10.4 Å². The molecule has 1 amide bonds. The first-order chi connectivity index (χ1) is 6.18. The van der Waals surface area contributed by atoms with Crippen molar-refractivity contribution in [3.8, 4) is 5.75 Å². The van der Waals surface area contributed by atoms with Gasteiger partial charge >= 0.3 is 0 Å². The topological polar surface area (TPSA) is 52.6 Å². The lowest BCUT2D eigenvalue weighted by Crippen LogP contribution is -2.36. The van der Waals surface area contributed by atoms with Crippen molar-refractivity contribution in [3.63, 3.8) is 0 Å². The summed E-state index contributed by atoms with van der Waals surface area (Å²) in [6.07, 6.45) is 0. The first-order valence-corrected chi connectivity index (χ1v) is 4.04. The zero-order valence-corrected chi connectivity index (χ0v) is 7.24. The molecule has 2 rings (SSSR count). The van der Waals surface area contributed by atoms with Gasteiger partial charge in [0.25, 0.3) is 0 Å². The molecule has 1 aliphatic heterocycles. The van der Waals surface area contributed by atoms with Crippen molar-refractivity contribution in [1.29, 1.82) is 0 Å². The lowest BCUT2D eigenvalue weighted by Gasteiger charge is -2.13. The molecule has 1 aliphatic rings. The second-order valence-corrected chi connectivity index (χ2v) is 3.00. The first-order valence-electron chi connectivity index (χ1n) is 4.04. The molecular formula is C9H10N2O2. The second-order valence-electron chi connectivity index (χ2n) is 3.00. The summed E-state index contributed by atoms with van der Waals surface area (Å²) in [5.74, 6) is 0.176. The smallest absolute Gasteiger partial charge is 0.238 e.